The van der Waals surface area contributed by atoms with Crippen LogP contribution in [0.4, 0.5) is 5.00 Å². The van der Waals surface area contributed by atoms with E-state index in [2.05, 4.69) is 23.5 Å². The first-order valence-electron chi connectivity index (χ1n) is 9.47. The number of hydrogen-bond donors (Lipinski definition) is 1. The lowest BCUT2D eigenvalue weighted by molar-refractivity contribution is -0.133. The van der Waals surface area contributed by atoms with E-state index in [0.717, 1.165) is 12.8 Å². The number of aryl methyl sites for hydroxylation is 1. The molecule has 6 nitrogen and oxygen atoms in total. The van der Waals surface area contributed by atoms with Crippen molar-refractivity contribution in [3.8, 4) is 6.07 Å². The second-order valence-corrected chi connectivity index (χ2v) is 7.74. The number of hydrogen-bond acceptors (Lipinski definition) is 5. The van der Waals surface area contributed by atoms with Crippen molar-refractivity contribution in [2.45, 2.75) is 19.3 Å². The summed E-state index contributed by atoms with van der Waals surface area (Å²) in [5, 5.41) is 14.2. The Balaban J connectivity index is 1.36. The molecular formula is C21H24N4O2S. The van der Waals surface area contributed by atoms with Gasteiger partial charge in [0.15, 0.2) is 0 Å². The summed E-state index contributed by atoms with van der Waals surface area (Å²) in [5.41, 5.74) is 1.75. The summed E-state index contributed by atoms with van der Waals surface area (Å²) in [7, 11) is 0. The average Bonchev–Trinajstić information content (AvgIpc) is 3.16. The minimum absolute atomic E-state index is 0.124. The number of anilines is 1. The number of nitrogens with one attached hydrogen (secondary N) is 1. The summed E-state index contributed by atoms with van der Waals surface area (Å²) in [6, 6.07) is 14.0. The number of carbonyl (C=O) groups excluding carboxylic acids is 2. The third-order valence-electron chi connectivity index (χ3n) is 4.83. The van der Waals surface area contributed by atoms with Crippen LogP contribution in [0.2, 0.25) is 0 Å². The van der Waals surface area contributed by atoms with Crippen molar-refractivity contribution < 1.29 is 9.59 Å². The zero-order valence-corrected chi connectivity index (χ0v) is 16.6. The molecule has 2 amide bonds. The van der Waals surface area contributed by atoms with Crippen LogP contribution in [0.1, 0.15) is 24.0 Å². The molecule has 2 heterocycles. The minimum Gasteiger partial charge on any atom is -0.340 e. The fourth-order valence-electron chi connectivity index (χ4n) is 3.27. The number of carbonyl (C=O) groups is 2. The normalized spacial score (nSPS) is 14.5. The highest BCUT2D eigenvalue weighted by Gasteiger charge is 2.22. The maximum atomic E-state index is 12.4. The molecule has 0 radical (unpaired) electrons. The van der Waals surface area contributed by atoms with Crippen molar-refractivity contribution in [1.29, 1.82) is 5.26 Å². The van der Waals surface area contributed by atoms with Crippen LogP contribution in [-0.2, 0) is 16.0 Å². The Morgan fingerprint density at radius 2 is 1.86 bits per heavy atom. The molecule has 1 aliphatic heterocycles. The third kappa shape index (κ3) is 5.65. The molecule has 0 saturated carbocycles. The maximum Gasteiger partial charge on any atom is 0.239 e. The molecule has 1 fully saturated rings. The highest BCUT2D eigenvalue weighted by Crippen LogP contribution is 2.22. The summed E-state index contributed by atoms with van der Waals surface area (Å²) in [6.07, 6.45) is 2.33. The third-order valence-corrected chi connectivity index (χ3v) is 5.66. The van der Waals surface area contributed by atoms with E-state index in [-0.39, 0.29) is 18.4 Å². The van der Waals surface area contributed by atoms with Crippen molar-refractivity contribution >= 4 is 28.2 Å². The van der Waals surface area contributed by atoms with Gasteiger partial charge in [0, 0.05) is 32.6 Å². The first-order chi connectivity index (χ1) is 13.7. The van der Waals surface area contributed by atoms with E-state index in [1.165, 1.54) is 16.9 Å². The van der Waals surface area contributed by atoms with Gasteiger partial charge in [-0.05, 0) is 29.9 Å². The number of nitriles is 1. The van der Waals surface area contributed by atoms with E-state index in [1.807, 2.05) is 28.0 Å². The zero-order chi connectivity index (χ0) is 19.8. The SMILES string of the molecule is N#Cc1ccsc1NC(=O)CN1CCN(C(=O)CCCc2ccccc2)CC1. The Labute approximate surface area is 169 Å². The smallest absolute Gasteiger partial charge is 0.239 e. The Hall–Kier alpha value is -2.69. The van der Waals surface area contributed by atoms with Crippen molar-refractivity contribution in [2.75, 3.05) is 38.0 Å². The van der Waals surface area contributed by atoms with Gasteiger partial charge in [-0.25, -0.2) is 0 Å². The van der Waals surface area contributed by atoms with Gasteiger partial charge in [0.25, 0.3) is 0 Å². The number of piperazine rings is 1. The molecule has 0 bridgehead atoms. The maximum absolute atomic E-state index is 12.4. The molecule has 0 atom stereocenters. The van der Waals surface area contributed by atoms with E-state index >= 15 is 0 Å². The molecule has 3 rings (SSSR count). The topological polar surface area (TPSA) is 76.4 Å². The van der Waals surface area contributed by atoms with Gasteiger partial charge >= 0.3 is 0 Å². The standard InChI is InChI=1S/C21H24N4O2S/c22-15-18-9-14-28-21(18)23-19(26)16-24-10-12-25(13-11-24)20(27)8-4-7-17-5-2-1-3-6-17/h1-3,5-6,9,14H,4,7-8,10-13,16H2,(H,23,26). The summed E-state index contributed by atoms with van der Waals surface area (Å²) in [5.74, 6) is 0.0684. The Morgan fingerprint density at radius 3 is 2.57 bits per heavy atom. The van der Waals surface area contributed by atoms with E-state index in [1.54, 1.807) is 11.4 Å². The summed E-state index contributed by atoms with van der Waals surface area (Å²) < 4.78 is 0. The quantitative estimate of drug-likeness (QED) is 0.781. The van der Waals surface area contributed by atoms with E-state index in [4.69, 9.17) is 5.26 Å². The lowest BCUT2D eigenvalue weighted by Gasteiger charge is -2.34. The van der Waals surface area contributed by atoms with Crippen LogP contribution < -0.4 is 5.32 Å². The molecule has 0 aliphatic carbocycles. The Bertz CT molecular complexity index is 836. The number of thiophene rings is 1. The van der Waals surface area contributed by atoms with Crippen LogP contribution >= 0.6 is 11.3 Å². The van der Waals surface area contributed by atoms with Gasteiger partial charge < -0.3 is 10.2 Å². The molecule has 28 heavy (non-hydrogen) atoms. The van der Waals surface area contributed by atoms with Gasteiger partial charge in [0.05, 0.1) is 12.1 Å². The zero-order valence-electron chi connectivity index (χ0n) is 15.8. The molecule has 1 saturated heterocycles. The molecule has 1 aromatic heterocycles. The summed E-state index contributed by atoms with van der Waals surface area (Å²) in [4.78, 5) is 28.5. The molecule has 146 valence electrons. The van der Waals surface area contributed by atoms with E-state index < -0.39 is 0 Å². The predicted molar refractivity (Wildman–Crippen MR) is 110 cm³/mol. The average molecular weight is 397 g/mol. The first-order valence-corrected chi connectivity index (χ1v) is 10.3. The monoisotopic (exact) mass is 396 g/mol. The number of rotatable bonds is 7. The van der Waals surface area contributed by atoms with Gasteiger partial charge in [-0.1, -0.05) is 30.3 Å². The second kappa shape index (κ2) is 10.0. The van der Waals surface area contributed by atoms with Crippen LogP contribution in [0.15, 0.2) is 41.8 Å². The molecule has 1 aromatic carbocycles. The Morgan fingerprint density at radius 1 is 1.11 bits per heavy atom. The fourth-order valence-corrected chi connectivity index (χ4v) is 4.02. The molecule has 0 spiro atoms. The molecule has 1 aliphatic rings. The number of amides is 2. The summed E-state index contributed by atoms with van der Waals surface area (Å²) in [6.45, 7) is 2.96. The molecular weight excluding hydrogens is 372 g/mol. The Kier molecular flexibility index (Phi) is 7.18. The number of nitrogens with zero attached hydrogens (tertiary/aromatic N) is 3. The van der Waals surface area contributed by atoms with Crippen molar-refractivity contribution in [1.82, 2.24) is 9.80 Å². The molecule has 0 unspecified atom stereocenters. The van der Waals surface area contributed by atoms with Crippen LogP contribution in [0.25, 0.3) is 0 Å². The van der Waals surface area contributed by atoms with Crippen LogP contribution in [0, 0.1) is 11.3 Å². The van der Waals surface area contributed by atoms with Crippen molar-refractivity contribution in [2.24, 2.45) is 0 Å². The molecule has 2 aromatic rings. The second-order valence-electron chi connectivity index (χ2n) is 6.82. The van der Waals surface area contributed by atoms with Gasteiger partial charge in [-0.15, -0.1) is 11.3 Å². The van der Waals surface area contributed by atoms with Gasteiger partial charge in [0.2, 0.25) is 11.8 Å². The highest BCUT2D eigenvalue weighted by molar-refractivity contribution is 7.14. The van der Waals surface area contributed by atoms with E-state index in [9.17, 15) is 9.59 Å². The largest absolute Gasteiger partial charge is 0.340 e. The highest BCUT2D eigenvalue weighted by atomic mass is 32.1. The lowest BCUT2D eigenvalue weighted by Crippen LogP contribution is -2.50. The lowest BCUT2D eigenvalue weighted by atomic mass is 10.1. The fraction of sp³-hybridized carbons (Fsp3) is 0.381. The van der Waals surface area contributed by atoms with Gasteiger partial charge in [-0.2, -0.15) is 5.26 Å². The predicted octanol–water partition coefficient (Wildman–Crippen LogP) is 2.73. The van der Waals surface area contributed by atoms with Crippen LogP contribution in [-0.4, -0.2) is 54.3 Å². The first kappa shape index (κ1) is 20.1. The van der Waals surface area contributed by atoms with Crippen LogP contribution in [0.3, 0.4) is 0 Å². The van der Waals surface area contributed by atoms with Gasteiger partial charge in [0.1, 0.15) is 11.1 Å². The molecule has 1 N–H and O–H groups in total. The van der Waals surface area contributed by atoms with Crippen molar-refractivity contribution in [3.05, 3.63) is 52.9 Å². The van der Waals surface area contributed by atoms with E-state index in [0.29, 0.717) is 43.2 Å². The summed E-state index contributed by atoms with van der Waals surface area (Å²) >= 11 is 1.35. The minimum atomic E-state index is -0.124. The van der Waals surface area contributed by atoms with Crippen molar-refractivity contribution in [3.63, 3.8) is 0 Å². The molecule has 7 heteroatoms. The number of benzene rings is 1. The van der Waals surface area contributed by atoms with Crippen LogP contribution in [0.5, 0.6) is 0 Å². The van der Waals surface area contributed by atoms with Gasteiger partial charge in [-0.3, -0.25) is 14.5 Å².